The van der Waals surface area contributed by atoms with Gasteiger partial charge in [-0.1, -0.05) is 19.9 Å². The Hall–Kier alpha value is -1.30. The number of likely N-dealkylation sites (N-methyl/N-ethyl adjacent to an activating group) is 1. The highest BCUT2D eigenvalue weighted by atomic mass is 16.5. The van der Waals surface area contributed by atoms with Crippen LogP contribution in [0.15, 0.2) is 18.2 Å². The number of methoxy groups -OCH3 is 1. The number of ether oxygens (including phenoxy) is 2. The van der Waals surface area contributed by atoms with Crippen LogP contribution in [0.2, 0.25) is 0 Å². The van der Waals surface area contributed by atoms with E-state index in [0.717, 1.165) is 37.7 Å². The van der Waals surface area contributed by atoms with Crippen molar-refractivity contribution in [3.05, 3.63) is 23.8 Å². The van der Waals surface area contributed by atoms with Crippen LogP contribution in [0.25, 0.3) is 0 Å². The summed E-state index contributed by atoms with van der Waals surface area (Å²) in [4.78, 5) is 5.10. The summed E-state index contributed by atoms with van der Waals surface area (Å²) in [6.45, 7) is 12.1. The Bertz CT molecular complexity index is 509. The maximum atomic E-state index is 6.15. The third kappa shape index (κ3) is 4.21. The fourth-order valence-corrected chi connectivity index (χ4v) is 3.67. The molecular formula is C19H33N3O2. The molecule has 1 aromatic carbocycles. The molecule has 1 fully saturated rings. The maximum absolute atomic E-state index is 6.15. The summed E-state index contributed by atoms with van der Waals surface area (Å²) in [6, 6.07) is 7.04. The molecule has 1 saturated heterocycles. The van der Waals surface area contributed by atoms with Crippen LogP contribution >= 0.6 is 0 Å². The van der Waals surface area contributed by atoms with E-state index >= 15 is 0 Å². The Kier molecular flexibility index (Phi) is 7.34. The van der Waals surface area contributed by atoms with Gasteiger partial charge in [-0.05, 0) is 37.6 Å². The predicted octanol–water partition coefficient (Wildman–Crippen LogP) is 2.51. The minimum atomic E-state index is 0.225. The van der Waals surface area contributed by atoms with Crippen molar-refractivity contribution in [1.82, 2.24) is 9.80 Å². The Morgan fingerprint density at radius 2 is 2.00 bits per heavy atom. The van der Waals surface area contributed by atoms with E-state index in [-0.39, 0.29) is 6.04 Å². The number of rotatable bonds is 8. The molecule has 0 amide bonds. The van der Waals surface area contributed by atoms with Crippen LogP contribution in [-0.2, 0) is 0 Å². The Balaban J connectivity index is 2.19. The lowest BCUT2D eigenvalue weighted by Crippen LogP contribution is -2.54. The summed E-state index contributed by atoms with van der Waals surface area (Å²) < 4.78 is 11.1. The van der Waals surface area contributed by atoms with Gasteiger partial charge in [0.15, 0.2) is 11.5 Å². The van der Waals surface area contributed by atoms with Crippen LogP contribution in [0.4, 0.5) is 0 Å². The van der Waals surface area contributed by atoms with Crippen LogP contribution in [0.3, 0.4) is 0 Å². The third-order valence-electron chi connectivity index (χ3n) is 5.05. The van der Waals surface area contributed by atoms with Gasteiger partial charge < -0.3 is 15.2 Å². The molecule has 1 aliphatic heterocycles. The second-order valence-corrected chi connectivity index (χ2v) is 6.28. The van der Waals surface area contributed by atoms with Crippen molar-refractivity contribution >= 4 is 0 Å². The van der Waals surface area contributed by atoms with Crippen molar-refractivity contribution in [2.24, 2.45) is 5.73 Å². The SMILES string of the molecule is CCOc1ccc(C(CN)N2CCN(CC)C(CC)C2)cc1OC. The van der Waals surface area contributed by atoms with Crippen LogP contribution < -0.4 is 15.2 Å². The van der Waals surface area contributed by atoms with Gasteiger partial charge in [0.25, 0.3) is 0 Å². The lowest BCUT2D eigenvalue weighted by Gasteiger charge is -2.44. The van der Waals surface area contributed by atoms with Crippen molar-refractivity contribution in [3.8, 4) is 11.5 Å². The highest BCUT2D eigenvalue weighted by Crippen LogP contribution is 2.32. The fourth-order valence-electron chi connectivity index (χ4n) is 3.67. The Morgan fingerprint density at radius 1 is 1.21 bits per heavy atom. The lowest BCUT2D eigenvalue weighted by molar-refractivity contribution is 0.0508. The minimum Gasteiger partial charge on any atom is -0.493 e. The smallest absolute Gasteiger partial charge is 0.161 e. The molecule has 0 radical (unpaired) electrons. The number of nitrogens with zero attached hydrogens (tertiary/aromatic N) is 2. The van der Waals surface area contributed by atoms with Crippen molar-refractivity contribution < 1.29 is 9.47 Å². The molecule has 5 heteroatoms. The number of hydrogen-bond acceptors (Lipinski definition) is 5. The minimum absolute atomic E-state index is 0.225. The zero-order valence-electron chi connectivity index (χ0n) is 15.6. The molecule has 1 heterocycles. The normalized spacial score (nSPS) is 20.8. The van der Waals surface area contributed by atoms with Crippen LogP contribution in [0, 0.1) is 0 Å². The largest absolute Gasteiger partial charge is 0.493 e. The average molecular weight is 335 g/mol. The summed E-state index contributed by atoms with van der Waals surface area (Å²) in [5.41, 5.74) is 7.36. The Labute approximate surface area is 146 Å². The highest BCUT2D eigenvalue weighted by molar-refractivity contribution is 5.44. The van der Waals surface area contributed by atoms with Gasteiger partial charge in [0, 0.05) is 38.3 Å². The van der Waals surface area contributed by atoms with Gasteiger partial charge in [0.2, 0.25) is 0 Å². The molecule has 2 rings (SSSR count). The first-order valence-corrected chi connectivity index (χ1v) is 9.17. The number of hydrogen-bond donors (Lipinski definition) is 1. The van der Waals surface area contributed by atoms with Crippen molar-refractivity contribution in [1.29, 1.82) is 0 Å². The molecule has 0 bridgehead atoms. The van der Waals surface area contributed by atoms with E-state index in [1.165, 1.54) is 12.0 Å². The van der Waals surface area contributed by atoms with Crippen molar-refractivity contribution in [2.75, 3.05) is 46.4 Å². The van der Waals surface area contributed by atoms with E-state index < -0.39 is 0 Å². The van der Waals surface area contributed by atoms with E-state index in [1.54, 1.807) is 7.11 Å². The zero-order chi connectivity index (χ0) is 17.5. The Morgan fingerprint density at radius 3 is 2.58 bits per heavy atom. The van der Waals surface area contributed by atoms with Crippen molar-refractivity contribution in [3.63, 3.8) is 0 Å². The number of nitrogens with two attached hydrogens (primary N) is 1. The average Bonchev–Trinajstić information content (AvgIpc) is 2.63. The summed E-state index contributed by atoms with van der Waals surface area (Å²) in [5, 5.41) is 0. The van der Waals surface area contributed by atoms with E-state index in [0.29, 0.717) is 19.2 Å². The van der Waals surface area contributed by atoms with E-state index in [9.17, 15) is 0 Å². The molecule has 24 heavy (non-hydrogen) atoms. The first kappa shape index (κ1) is 19.0. The molecule has 1 aliphatic rings. The topological polar surface area (TPSA) is 51.0 Å². The highest BCUT2D eigenvalue weighted by Gasteiger charge is 2.29. The molecule has 1 aromatic rings. The summed E-state index contributed by atoms with van der Waals surface area (Å²) >= 11 is 0. The predicted molar refractivity (Wildman–Crippen MR) is 98.9 cm³/mol. The molecule has 0 saturated carbocycles. The maximum Gasteiger partial charge on any atom is 0.161 e. The van der Waals surface area contributed by atoms with Gasteiger partial charge in [-0.25, -0.2) is 0 Å². The summed E-state index contributed by atoms with van der Waals surface area (Å²) in [5.74, 6) is 1.58. The van der Waals surface area contributed by atoms with Gasteiger partial charge in [0.1, 0.15) is 0 Å². The van der Waals surface area contributed by atoms with Gasteiger partial charge in [-0.2, -0.15) is 0 Å². The molecule has 2 atom stereocenters. The fraction of sp³-hybridized carbons (Fsp3) is 0.684. The quantitative estimate of drug-likeness (QED) is 0.791. The molecular weight excluding hydrogens is 302 g/mol. The van der Waals surface area contributed by atoms with Crippen LogP contribution in [-0.4, -0.2) is 62.3 Å². The first-order valence-electron chi connectivity index (χ1n) is 9.17. The van der Waals surface area contributed by atoms with Crippen molar-refractivity contribution in [2.45, 2.75) is 39.3 Å². The second-order valence-electron chi connectivity index (χ2n) is 6.28. The van der Waals surface area contributed by atoms with E-state index in [2.05, 4.69) is 35.8 Å². The number of piperazine rings is 1. The van der Waals surface area contributed by atoms with E-state index in [1.807, 2.05) is 13.0 Å². The van der Waals surface area contributed by atoms with Gasteiger partial charge in [0.05, 0.1) is 13.7 Å². The lowest BCUT2D eigenvalue weighted by atomic mass is 10.0. The molecule has 5 nitrogen and oxygen atoms in total. The summed E-state index contributed by atoms with van der Waals surface area (Å²) in [6.07, 6.45) is 1.17. The molecule has 136 valence electrons. The van der Waals surface area contributed by atoms with E-state index in [4.69, 9.17) is 15.2 Å². The van der Waals surface area contributed by atoms with Gasteiger partial charge in [-0.3, -0.25) is 9.80 Å². The van der Waals surface area contributed by atoms with Gasteiger partial charge >= 0.3 is 0 Å². The monoisotopic (exact) mass is 335 g/mol. The second kappa shape index (κ2) is 9.25. The molecule has 0 aliphatic carbocycles. The zero-order valence-corrected chi connectivity index (χ0v) is 15.6. The molecule has 0 spiro atoms. The first-order chi connectivity index (χ1) is 11.7. The third-order valence-corrected chi connectivity index (χ3v) is 5.05. The van der Waals surface area contributed by atoms with Gasteiger partial charge in [-0.15, -0.1) is 0 Å². The summed E-state index contributed by atoms with van der Waals surface area (Å²) in [7, 11) is 1.69. The van der Waals surface area contributed by atoms with Crippen LogP contribution in [0.1, 0.15) is 38.8 Å². The molecule has 0 aromatic heterocycles. The molecule has 2 unspecified atom stereocenters. The standard InChI is InChI=1S/C19H33N3O2/c1-5-16-14-22(11-10-21(16)6-2)17(13-20)15-8-9-18(24-7-3)19(12-15)23-4/h8-9,12,16-17H,5-7,10-11,13-14,20H2,1-4H3. The number of benzene rings is 1. The van der Waals surface area contributed by atoms with Crippen LogP contribution in [0.5, 0.6) is 11.5 Å². The molecule has 2 N–H and O–H groups in total.